The minimum atomic E-state index is 0.585. The number of rotatable bonds is 11. The maximum absolute atomic E-state index is 4.59. The monoisotopic (exact) mass is 276 g/mol. The molecule has 0 spiro atoms. The van der Waals surface area contributed by atoms with E-state index in [0.29, 0.717) is 6.04 Å². The number of aryl methyl sites for hydroxylation is 1. The average molecular weight is 276 g/mol. The van der Waals surface area contributed by atoms with Crippen molar-refractivity contribution < 1.29 is 0 Å². The van der Waals surface area contributed by atoms with Crippen LogP contribution in [-0.4, -0.2) is 17.6 Å². The van der Waals surface area contributed by atoms with E-state index in [9.17, 15) is 0 Å². The Morgan fingerprint density at radius 3 is 2.45 bits per heavy atom. The molecule has 1 rings (SSSR count). The lowest BCUT2D eigenvalue weighted by Gasteiger charge is -2.17. The van der Waals surface area contributed by atoms with Crippen molar-refractivity contribution in [1.82, 2.24) is 10.3 Å². The fraction of sp³-hybridized carbons (Fsp3) is 0.722. The van der Waals surface area contributed by atoms with E-state index < -0.39 is 0 Å². The molecule has 1 aromatic rings. The molecule has 20 heavy (non-hydrogen) atoms. The summed E-state index contributed by atoms with van der Waals surface area (Å²) in [6.07, 6.45) is 12.2. The Hall–Kier alpha value is -0.890. The van der Waals surface area contributed by atoms with Crippen molar-refractivity contribution in [3.05, 3.63) is 29.6 Å². The van der Waals surface area contributed by atoms with Crippen molar-refractivity contribution in [2.45, 2.75) is 78.2 Å². The Kier molecular flexibility index (Phi) is 9.31. The van der Waals surface area contributed by atoms with Crippen molar-refractivity contribution in [1.29, 1.82) is 0 Å². The Balaban J connectivity index is 2.36. The molecule has 114 valence electrons. The van der Waals surface area contributed by atoms with Gasteiger partial charge in [0.1, 0.15) is 0 Å². The molecule has 0 aromatic carbocycles. The molecule has 0 saturated heterocycles. The first-order valence-electron chi connectivity index (χ1n) is 8.47. The lowest BCUT2D eigenvalue weighted by Crippen LogP contribution is -2.31. The number of nitrogens with one attached hydrogen (secondary N) is 1. The summed E-state index contributed by atoms with van der Waals surface area (Å²) in [7, 11) is 0. The highest BCUT2D eigenvalue weighted by atomic mass is 14.9. The third kappa shape index (κ3) is 7.04. The second-order valence-corrected chi connectivity index (χ2v) is 5.67. The van der Waals surface area contributed by atoms with Crippen LogP contribution in [0.5, 0.6) is 0 Å². The van der Waals surface area contributed by atoms with Crippen molar-refractivity contribution in [2.24, 2.45) is 0 Å². The molecule has 1 atom stereocenters. The Morgan fingerprint density at radius 1 is 1.05 bits per heavy atom. The third-order valence-corrected chi connectivity index (χ3v) is 3.90. The first-order chi connectivity index (χ1) is 9.80. The van der Waals surface area contributed by atoms with E-state index in [1.54, 1.807) is 0 Å². The third-order valence-electron chi connectivity index (χ3n) is 3.90. The zero-order valence-corrected chi connectivity index (χ0v) is 13.6. The lowest BCUT2D eigenvalue weighted by atomic mass is 10.0. The SMILES string of the molecule is CCCCCCCC(Cc1ccc(CC)cn1)NCC. The van der Waals surface area contributed by atoms with Gasteiger partial charge in [0.15, 0.2) is 0 Å². The summed E-state index contributed by atoms with van der Waals surface area (Å²) in [6.45, 7) is 7.69. The Labute approximate surface area is 125 Å². The first-order valence-corrected chi connectivity index (χ1v) is 8.47. The first kappa shape index (κ1) is 17.2. The van der Waals surface area contributed by atoms with Crippen LogP contribution in [0.1, 0.15) is 70.6 Å². The van der Waals surface area contributed by atoms with Gasteiger partial charge in [-0.2, -0.15) is 0 Å². The van der Waals surface area contributed by atoms with Crippen LogP contribution in [0.25, 0.3) is 0 Å². The highest BCUT2D eigenvalue weighted by molar-refractivity contribution is 5.14. The van der Waals surface area contributed by atoms with Gasteiger partial charge in [0, 0.05) is 24.4 Å². The summed E-state index contributed by atoms with van der Waals surface area (Å²) in [6, 6.07) is 4.99. The van der Waals surface area contributed by atoms with Crippen molar-refractivity contribution in [3.63, 3.8) is 0 Å². The molecular formula is C18H32N2. The summed E-state index contributed by atoms with van der Waals surface area (Å²) in [5.41, 5.74) is 2.55. The number of unbranched alkanes of at least 4 members (excludes halogenated alkanes) is 4. The molecule has 0 amide bonds. The minimum Gasteiger partial charge on any atom is -0.314 e. The molecule has 0 radical (unpaired) electrons. The molecule has 0 saturated carbocycles. The van der Waals surface area contributed by atoms with E-state index in [-0.39, 0.29) is 0 Å². The number of likely N-dealkylation sites (N-methyl/N-ethyl adjacent to an activating group) is 1. The van der Waals surface area contributed by atoms with E-state index in [0.717, 1.165) is 19.4 Å². The second-order valence-electron chi connectivity index (χ2n) is 5.67. The summed E-state index contributed by atoms with van der Waals surface area (Å²) in [5, 5.41) is 3.61. The largest absolute Gasteiger partial charge is 0.314 e. The number of aromatic nitrogens is 1. The van der Waals surface area contributed by atoms with Gasteiger partial charge in [0.2, 0.25) is 0 Å². The van der Waals surface area contributed by atoms with Gasteiger partial charge in [-0.1, -0.05) is 58.9 Å². The molecule has 0 bridgehead atoms. The molecule has 2 heteroatoms. The standard InChI is InChI=1S/C18H32N2/c1-4-7-8-9-10-11-17(19-6-3)14-18-13-12-16(5-2)15-20-18/h12-13,15,17,19H,4-11,14H2,1-3H3. The molecule has 0 aliphatic rings. The summed E-state index contributed by atoms with van der Waals surface area (Å²) in [5.74, 6) is 0. The minimum absolute atomic E-state index is 0.585. The number of pyridine rings is 1. The predicted octanol–water partition coefficient (Wildman–Crippen LogP) is 4.53. The molecule has 0 aliphatic carbocycles. The maximum Gasteiger partial charge on any atom is 0.0419 e. The van der Waals surface area contributed by atoms with Crippen molar-refractivity contribution >= 4 is 0 Å². The van der Waals surface area contributed by atoms with Crippen LogP contribution < -0.4 is 5.32 Å². The van der Waals surface area contributed by atoms with Crippen LogP contribution >= 0.6 is 0 Å². The zero-order chi connectivity index (χ0) is 14.6. The smallest absolute Gasteiger partial charge is 0.0419 e. The topological polar surface area (TPSA) is 24.9 Å². The maximum atomic E-state index is 4.59. The van der Waals surface area contributed by atoms with Gasteiger partial charge >= 0.3 is 0 Å². The van der Waals surface area contributed by atoms with Crippen LogP contribution in [0.3, 0.4) is 0 Å². The fourth-order valence-electron chi connectivity index (χ4n) is 2.60. The van der Waals surface area contributed by atoms with Crippen molar-refractivity contribution in [2.75, 3.05) is 6.54 Å². The van der Waals surface area contributed by atoms with Gasteiger partial charge in [0.05, 0.1) is 0 Å². The van der Waals surface area contributed by atoms with E-state index in [4.69, 9.17) is 0 Å². The molecule has 1 unspecified atom stereocenters. The molecule has 2 nitrogen and oxygen atoms in total. The van der Waals surface area contributed by atoms with E-state index in [1.807, 2.05) is 6.20 Å². The van der Waals surface area contributed by atoms with Gasteiger partial charge in [-0.3, -0.25) is 4.98 Å². The highest BCUT2D eigenvalue weighted by Crippen LogP contribution is 2.11. The van der Waals surface area contributed by atoms with Crippen molar-refractivity contribution in [3.8, 4) is 0 Å². The summed E-state index contributed by atoms with van der Waals surface area (Å²) < 4.78 is 0. The van der Waals surface area contributed by atoms with Gasteiger partial charge in [-0.25, -0.2) is 0 Å². The van der Waals surface area contributed by atoms with Gasteiger partial charge in [-0.05, 0) is 31.0 Å². The quantitative estimate of drug-likeness (QED) is 0.601. The highest BCUT2D eigenvalue weighted by Gasteiger charge is 2.09. The van der Waals surface area contributed by atoms with Gasteiger partial charge in [-0.15, -0.1) is 0 Å². The fourth-order valence-corrected chi connectivity index (χ4v) is 2.60. The van der Waals surface area contributed by atoms with Crippen LogP contribution in [0.4, 0.5) is 0 Å². The number of nitrogens with zero attached hydrogens (tertiary/aromatic N) is 1. The summed E-state index contributed by atoms with van der Waals surface area (Å²) in [4.78, 5) is 4.59. The molecule has 1 heterocycles. The molecule has 0 aliphatic heterocycles. The van der Waals surface area contributed by atoms with Crippen LogP contribution in [0.2, 0.25) is 0 Å². The normalized spacial score (nSPS) is 12.6. The van der Waals surface area contributed by atoms with E-state index in [2.05, 4.69) is 43.2 Å². The zero-order valence-electron chi connectivity index (χ0n) is 13.6. The molecular weight excluding hydrogens is 244 g/mol. The predicted molar refractivity (Wildman–Crippen MR) is 88.2 cm³/mol. The molecule has 0 fully saturated rings. The number of hydrogen-bond acceptors (Lipinski definition) is 2. The molecule has 1 N–H and O–H groups in total. The average Bonchev–Trinajstić information content (AvgIpc) is 2.48. The Morgan fingerprint density at radius 2 is 1.85 bits per heavy atom. The van der Waals surface area contributed by atoms with Gasteiger partial charge in [0.25, 0.3) is 0 Å². The van der Waals surface area contributed by atoms with E-state index >= 15 is 0 Å². The molecule has 1 aromatic heterocycles. The van der Waals surface area contributed by atoms with Gasteiger partial charge < -0.3 is 5.32 Å². The summed E-state index contributed by atoms with van der Waals surface area (Å²) >= 11 is 0. The van der Waals surface area contributed by atoms with E-state index in [1.165, 1.54) is 49.8 Å². The van der Waals surface area contributed by atoms with Crippen LogP contribution in [0.15, 0.2) is 18.3 Å². The lowest BCUT2D eigenvalue weighted by molar-refractivity contribution is 0.458. The van der Waals surface area contributed by atoms with Crippen LogP contribution in [-0.2, 0) is 12.8 Å². The van der Waals surface area contributed by atoms with Crippen LogP contribution in [0, 0.1) is 0 Å². The second kappa shape index (κ2) is 10.8. The Bertz CT molecular complexity index is 332. The number of hydrogen-bond donors (Lipinski definition) is 1.